The zero-order valence-corrected chi connectivity index (χ0v) is 20.1. The van der Waals surface area contributed by atoms with Crippen LogP contribution in [0.1, 0.15) is 65.5 Å². The van der Waals surface area contributed by atoms with Crippen molar-refractivity contribution in [2.45, 2.75) is 64.0 Å². The van der Waals surface area contributed by atoms with Gasteiger partial charge in [-0.05, 0) is 81.3 Å². The van der Waals surface area contributed by atoms with Crippen molar-refractivity contribution in [1.82, 2.24) is 19.8 Å². The fraction of sp³-hybridized carbons (Fsp3) is 0.577. The van der Waals surface area contributed by atoms with Gasteiger partial charge in [0.2, 0.25) is 5.91 Å². The first-order valence-corrected chi connectivity index (χ1v) is 12.3. The number of carbonyl (C=O) groups excluding carboxylic acids is 1. The fourth-order valence-corrected chi connectivity index (χ4v) is 5.69. The number of anilines is 1. The number of benzene rings is 1. The van der Waals surface area contributed by atoms with E-state index < -0.39 is 0 Å². The number of methoxy groups -OCH3 is 1. The molecule has 1 saturated heterocycles. The number of rotatable bonds is 6. The van der Waals surface area contributed by atoms with Crippen LogP contribution in [-0.4, -0.2) is 60.0 Å². The SMILES string of the molecule is CNc1nc(C2CCCN2C)nc2c1CCN(C(=O)CCc1cc3c(cc1OC)CCC3)C2. The summed E-state index contributed by atoms with van der Waals surface area (Å²) in [6.07, 6.45) is 7.73. The Morgan fingerprint density at radius 2 is 1.97 bits per heavy atom. The van der Waals surface area contributed by atoms with E-state index in [-0.39, 0.29) is 11.9 Å². The van der Waals surface area contributed by atoms with Crippen molar-refractivity contribution in [3.63, 3.8) is 0 Å². The summed E-state index contributed by atoms with van der Waals surface area (Å²) in [6.45, 7) is 2.36. The predicted molar refractivity (Wildman–Crippen MR) is 129 cm³/mol. The van der Waals surface area contributed by atoms with Crippen molar-refractivity contribution in [2.24, 2.45) is 0 Å². The lowest BCUT2D eigenvalue weighted by Crippen LogP contribution is -2.37. The molecule has 33 heavy (non-hydrogen) atoms. The van der Waals surface area contributed by atoms with Gasteiger partial charge in [-0.3, -0.25) is 9.69 Å². The average Bonchev–Trinajstić information content (AvgIpc) is 3.48. The number of ether oxygens (including phenoxy) is 1. The van der Waals surface area contributed by atoms with Gasteiger partial charge in [-0.25, -0.2) is 9.97 Å². The molecule has 0 saturated carbocycles. The molecule has 5 rings (SSSR count). The number of aryl methyl sites for hydroxylation is 3. The molecule has 1 aliphatic carbocycles. The van der Waals surface area contributed by atoms with Crippen LogP contribution in [0, 0.1) is 0 Å². The molecule has 1 fully saturated rings. The standard InChI is InChI=1S/C26H35N5O2/c1-27-25-20-11-13-31(16-21(20)28-26(29-25)22-8-5-12-30(22)2)24(32)10-9-19-14-17-6-4-7-18(17)15-23(19)33-3/h14-15,22H,4-13,16H2,1-3H3,(H,27,28,29). The molecular weight excluding hydrogens is 414 g/mol. The van der Waals surface area contributed by atoms with Crippen LogP contribution >= 0.6 is 0 Å². The van der Waals surface area contributed by atoms with Crippen molar-refractivity contribution in [1.29, 1.82) is 0 Å². The average molecular weight is 450 g/mol. The summed E-state index contributed by atoms with van der Waals surface area (Å²) in [5, 5.41) is 3.27. The predicted octanol–water partition coefficient (Wildman–Crippen LogP) is 3.30. The molecule has 2 aromatic rings. The molecule has 1 N–H and O–H groups in total. The van der Waals surface area contributed by atoms with Gasteiger partial charge in [-0.1, -0.05) is 6.07 Å². The summed E-state index contributed by atoms with van der Waals surface area (Å²) in [4.78, 5) is 27.3. The number of fused-ring (bicyclic) bond motifs is 2. The Morgan fingerprint density at radius 1 is 1.15 bits per heavy atom. The molecule has 0 bridgehead atoms. The van der Waals surface area contributed by atoms with Gasteiger partial charge in [0.25, 0.3) is 0 Å². The number of nitrogens with one attached hydrogen (secondary N) is 1. The Labute approximate surface area is 196 Å². The summed E-state index contributed by atoms with van der Waals surface area (Å²) in [7, 11) is 5.79. The Morgan fingerprint density at radius 3 is 2.70 bits per heavy atom. The number of amides is 1. The second-order valence-electron chi connectivity index (χ2n) is 9.60. The Bertz CT molecular complexity index is 1050. The van der Waals surface area contributed by atoms with Crippen LogP contribution in [0.25, 0.3) is 0 Å². The maximum absolute atomic E-state index is 13.2. The molecule has 0 radical (unpaired) electrons. The van der Waals surface area contributed by atoms with Crippen LogP contribution in [0.15, 0.2) is 12.1 Å². The quantitative estimate of drug-likeness (QED) is 0.730. The van der Waals surface area contributed by atoms with Gasteiger partial charge in [0.15, 0.2) is 0 Å². The van der Waals surface area contributed by atoms with E-state index in [1.54, 1.807) is 7.11 Å². The lowest BCUT2D eigenvalue weighted by molar-refractivity contribution is -0.132. The highest BCUT2D eigenvalue weighted by Crippen LogP contribution is 2.33. The zero-order valence-electron chi connectivity index (χ0n) is 20.1. The molecule has 3 heterocycles. The van der Waals surface area contributed by atoms with Crippen LogP contribution in [0.4, 0.5) is 5.82 Å². The van der Waals surface area contributed by atoms with Gasteiger partial charge >= 0.3 is 0 Å². The molecule has 7 nitrogen and oxygen atoms in total. The normalized spacial score (nSPS) is 20.0. The summed E-state index contributed by atoms with van der Waals surface area (Å²) in [6, 6.07) is 4.70. The van der Waals surface area contributed by atoms with Crippen LogP contribution in [0.5, 0.6) is 5.75 Å². The molecule has 1 unspecified atom stereocenters. The van der Waals surface area contributed by atoms with E-state index in [0.717, 1.165) is 66.4 Å². The molecule has 0 spiro atoms. The number of aromatic nitrogens is 2. The third kappa shape index (κ3) is 4.31. The first kappa shape index (κ1) is 22.1. The van der Waals surface area contributed by atoms with E-state index in [1.165, 1.54) is 24.0 Å². The van der Waals surface area contributed by atoms with Crippen LogP contribution in [0.3, 0.4) is 0 Å². The van der Waals surface area contributed by atoms with E-state index in [9.17, 15) is 4.79 Å². The fourth-order valence-electron chi connectivity index (χ4n) is 5.69. The van der Waals surface area contributed by atoms with Crippen molar-refractivity contribution in [3.05, 3.63) is 45.9 Å². The van der Waals surface area contributed by atoms with E-state index in [0.29, 0.717) is 25.9 Å². The monoisotopic (exact) mass is 449 g/mol. The van der Waals surface area contributed by atoms with E-state index >= 15 is 0 Å². The van der Waals surface area contributed by atoms with Crippen molar-refractivity contribution >= 4 is 11.7 Å². The summed E-state index contributed by atoms with van der Waals surface area (Å²) in [5.74, 6) is 2.91. The first-order chi connectivity index (χ1) is 16.1. The molecule has 1 aromatic heterocycles. The Hall–Kier alpha value is -2.67. The van der Waals surface area contributed by atoms with Gasteiger partial charge in [0.05, 0.1) is 25.4 Å². The molecule has 2 aliphatic heterocycles. The minimum atomic E-state index is 0.187. The molecule has 1 atom stereocenters. The van der Waals surface area contributed by atoms with Crippen LogP contribution in [0.2, 0.25) is 0 Å². The molecular formula is C26H35N5O2. The molecule has 1 amide bonds. The summed E-state index contributed by atoms with van der Waals surface area (Å²) in [5.41, 5.74) is 6.13. The molecule has 1 aromatic carbocycles. The van der Waals surface area contributed by atoms with Gasteiger partial charge < -0.3 is 15.0 Å². The third-order valence-electron chi connectivity index (χ3n) is 7.59. The van der Waals surface area contributed by atoms with Crippen LogP contribution < -0.4 is 10.1 Å². The smallest absolute Gasteiger partial charge is 0.223 e. The number of likely N-dealkylation sites (tertiary alicyclic amines) is 1. The molecule has 7 heteroatoms. The van der Waals surface area contributed by atoms with E-state index in [1.807, 2.05) is 11.9 Å². The first-order valence-electron chi connectivity index (χ1n) is 12.3. The number of hydrogen-bond acceptors (Lipinski definition) is 6. The summed E-state index contributed by atoms with van der Waals surface area (Å²) < 4.78 is 5.64. The maximum Gasteiger partial charge on any atom is 0.223 e. The van der Waals surface area contributed by atoms with Crippen LogP contribution in [-0.2, 0) is 37.0 Å². The van der Waals surface area contributed by atoms with Crippen molar-refractivity contribution in [2.75, 3.05) is 39.6 Å². The third-order valence-corrected chi connectivity index (χ3v) is 7.59. The van der Waals surface area contributed by atoms with Crippen molar-refractivity contribution < 1.29 is 9.53 Å². The van der Waals surface area contributed by atoms with Gasteiger partial charge in [-0.2, -0.15) is 0 Å². The number of nitrogens with zero attached hydrogens (tertiary/aromatic N) is 4. The minimum absolute atomic E-state index is 0.187. The minimum Gasteiger partial charge on any atom is -0.496 e. The lowest BCUT2D eigenvalue weighted by Gasteiger charge is -2.30. The van der Waals surface area contributed by atoms with E-state index in [2.05, 4.69) is 29.4 Å². The highest BCUT2D eigenvalue weighted by Gasteiger charge is 2.30. The lowest BCUT2D eigenvalue weighted by atomic mass is 10.0. The number of carbonyl (C=O) groups is 1. The van der Waals surface area contributed by atoms with Gasteiger partial charge in [0, 0.05) is 25.6 Å². The van der Waals surface area contributed by atoms with Crippen molar-refractivity contribution in [3.8, 4) is 5.75 Å². The second-order valence-corrected chi connectivity index (χ2v) is 9.60. The highest BCUT2D eigenvalue weighted by molar-refractivity contribution is 5.77. The largest absolute Gasteiger partial charge is 0.496 e. The molecule has 3 aliphatic rings. The van der Waals surface area contributed by atoms with Gasteiger partial charge in [0.1, 0.15) is 17.4 Å². The topological polar surface area (TPSA) is 70.6 Å². The Balaban J connectivity index is 1.30. The second kappa shape index (κ2) is 9.29. The molecule has 176 valence electrons. The van der Waals surface area contributed by atoms with E-state index in [4.69, 9.17) is 14.7 Å². The maximum atomic E-state index is 13.2. The summed E-state index contributed by atoms with van der Waals surface area (Å²) >= 11 is 0. The highest BCUT2D eigenvalue weighted by atomic mass is 16.5. The number of hydrogen-bond donors (Lipinski definition) is 1. The Kier molecular flexibility index (Phi) is 6.23. The van der Waals surface area contributed by atoms with Gasteiger partial charge in [-0.15, -0.1) is 0 Å². The zero-order chi connectivity index (χ0) is 22.9.